The minimum atomic E-state index is 0.0409. The normalized spacial score (nSPS) is 12.5. The van der Waals surface area contributed by atoms with Gasteiger partial charge in [-0.1, -0.05) is 79.8 Å². The summed E-state index contributed by atoms with van der Waals surface area (Å²) in [5.41, 5.74) is 0. The monoisotopic (exact) mass is 605 g/mol. The molecular weight excluding hydrogens is 546 g/mol. The van der Waals surface area contributed by atoms with Crippen molar-refractivity contribution in [3.8, 4) is 0 Å². The molecule has 8 heteroatoms. The van der Waals surface area contributed by atoms with Gasteiger partial charge < -0.3 is 33.7 Å². The van der Waals surface area contributed by atoms with E-state index in [1.54, 1.807) is 7.11 Å². The van der Waals surface area contributed by atoms with Crippen LogP contribution in [0.15, 0.2) is 72.9 Å². The summed E-state index contributed by atoms with van der Waals surface area (Å²) in [6, 6.07) is 0. The van der Waals surface area contributed by atoms with Gasteiger partial charge >= 0.3 is 0 Å². The Morgan fingerprint density at radius 3 is 1.23 bits per heavy atom. The molecule has 0 aliphatic rings. The zero-order valence-electron chi connectivity index (χ0n) is 26.9. The lowest BCUT2D eigenvalue weighted by Gasteiger charge is -2.08. The van der Waals surface area contributed by atoms with Gasteiger partial charge in [0.15, 0.2) is 0 Å². The first-order valence-electron chi connectivity index (χ1n) is 15.9. The Morgan fingerprint density at radius 1 is 0.488 bits per heavy atom. The Hall–Kier alpha value is -2.33. The van der Waals surface area contributed by atoms with Gasteiger partial charge in [0.05, 0.1) is 72.7 Å². The molecule has 0 saturated carbocycles. The summed E-state index contributed by atoms with van der Waals surface area (Å²) in [6.45, 7) is 8.47. The topological polar surface area (TPSA) is 84.5 Å². The van der Waals surface area contributed by atoms with Crippen molar-refractivity contribution >= 4 is 5.91 Å². The molecular formula is C35H59NO7. The highest BCUT2D eigenvalue weighted by molar-refractivity contribution is 5.75. The fourth-order valence-electron chi connectivity index (χ4n) is 3.33. The van der Waals surface area contributed by atoms with E-state index in [2.05, 4.69) is 85.2 Å². The number of carbonyl (C=O) groups is 1. The molecule has 0 saturated heterocycles. The molecule has 0 bridgehead atoms. The minimum absolute atomic E-state index is 0.0409. The molecule has 1 amide bonds. The second-order valence-electron chi connectivity index (χ2n) is 9.36. The van der Waals surface area contributed by atoms with Gasteiger partial charge in [-0.3, -0.25) is 4.79 Å². The molecule has 43 heavy (non-hydrogen) atoms. The van der Waals surface area contributed by atoms with Crippen LogP contribution in [0.5, 0.6) is 0 Å². The molecule has 0 radical (unpaired) electrons. The summed E-state index contributed by atoms with van der Waals surface area (Å²) in [6.07, 6.45) is 33.3. The van der Waals surface area contributed by atoms with E-state index < -0.39 is 0 Å². The van der Waals surface area contributed by atoms with Gasteiger partial charge in [0.1, 0.15) is 0 Å². The second-order valence-corrected chi connectivity index (χ2v) is 9.36. The van der Waals surface area contributed by atoms with Crippen LogP contribution >= 0.6 is 0 Å². The molecule has 0 aliphatic heterocycles. The summed E-state index contributed by atoms with van der Waals surface area (Å²) in [4.78, 5) is 11.9. The summed E-state index contributed by atoms with van der Waals surface area (Å²) in [5.74, 6) is 0.0409. The highest BCUT2D eigenvalue weighted by atomic mass is 16.6. The highest BCUT2D eigenvalue weighted by Gasteiger charge is 1.98. The Balaban J connectivity index is 3.39. The molecule has 8 nitrogen and oxygen atoms in total. The average molecular weight is 606 g/mol. The molecule has 0 unspecified atom stereocenters. The summed E-state index contributed by atoms with van der Waals surface area (Å²) < 4.78 is 32.0. The van der Waals surface area contributed by atoms with Gasteiger partial charge in [-0.05, 0) is 44.9 Å². The number of carbonyl (C=O) groups excluding carboxylic acids is 1. The second kappa shape index (κ2) is 37.7. The maximum Gasteiger partial charge on any atom is 0.220 e. The number of ether oxygens (including phenoxy) is 6. The largest absolute Gasteiger partial charge is 0.382 e. The van der Waals surface area contributed by atoms with Crippen molar-refractivity contribution in [3.63, 3.8) is 0 Å². The first-order chi connectivity index (χ1) is 21.3. The van der Waals surface area contributed by atoms with Gasteiger partial charge in [-0.25, -0.2) is 0 Å². The summed E-state index contributed by atoms with van der Waals surface area (Å²) in [7, 11) is 1.65. The number of nitrogens with one attached hydrogen (secondary N) is 1. The van der Waals surface area contributed by atoms with Crippen molar-refractivity contribution in [2.45, 2.75) is 58.3 Å². The van der Waals surface area contributed by atoms with Gasteiger partial charge in [-0.2, -0.15) is 0 Å². The minimum Gasteiger partial charge on any atom is -0.382 e. The molecule has 0 rings (SSSR count). The van der Waals surface area contributed by atoms with E-state index in [-0.39, 0.29) is 5.91 Å². The fourth-order valence-corrected chi connectivity index (χ4v) is 3.33. The number of rotatable bonds is 32. The first-order valence-corrected chi connectivity index (χ1v) is 15.9. The van der Waals surface area contributed by atoms with Crippen molar-refractivity contribution in [1.29, 1.82) is 0 Å². The lowest BCUT2D eigenvalue weighted by molar-refractivity contribution is -0.121. The molecule has 0 aromatic carbocycles. The molecule has 0 spiro atoms. The molecule has 0 fully saturated rings. The number of hydrogen-bond acceptors (Lipinski definition) is 7. The maximum atomic E-state index is 11.9. The third kappa shape index (κ3) is 37.6. The smallest absolute Gasteiger partial charge is 0.220 e. The van der Waals surface area contributed by atoms with E-state index in [4.69, 9.17) is 28.4 Å². The molecule has 1 N–H and O–H groups in total. The van der Waals surface area contributed by atoms with E-state index in [9.17, 15) is 4.79 Å². The van der Waals surface area contributed by atoms with E-state index in [0.717, 1.165) is 44.9 Å². The fraction of sp³-hybridized carbons (Fsp3) is 0.629. The van der Waals surface area contributed by atoms with Gasteiger partial charge in [0, 0.05) is 20.1 Å². The van der Waals surface area contributed by atoms with E-state index in [0.29, 0.717) is 85.6 Å². The third-order valence-corrected chi connectivity index (χ3v) is 5.62. The van der Waals surface area contributed by atoms with Crippen molar-refractivity contribution < 1.29 is 33.2 Å². The molecule has 246 valence electrons. The van der Waals surface area contributed by atoms with E-state index >= 15 is 0 Å². The van der Waals surface area contributed by atoms with Crippen molar-refractivity contribution in [3.05, 3.63) is 72.9 Å². The predicted molar refractivity (Wildman–Crippen MR) is 176 cm³/mol. The van der Waals surface area contributed by atoms with Crippen LogP contribution in [0, 0.1) is 0 Å². The molecule has 0 atom stereocenters. The van der Waals surface area contributed by atoms with Gasteiger partial charge in [0.25, 0.3) is 0 Å². The van der Waals surface area contributed by atoms with E-state index in [1.165, 1.54) is 0 Å². The molecule has 0 heterocycles. The number of allylic oxidation sites excluding steroid dienone is 12. The van der Waals surface area contributed by atoms with Crippen LogP contribution in [-0.2, 0) is 33.2 Å². The maximum absolute atomic E-state index is 11.9. The summed E-state index contributed by atoms with van der Waals surface area (Å²) in [5, 5.41) is 2.88. The predicted octanol–water partition coefficient (Wildman–Crippen LogP) is 6.31. The van der Waals surface area contributed by atoms with Crippen LogP contribution < -0.4 is 5.32 Å². The van der Waals surface area contributed by atoms with Crippen LogP contribution in [0.25, 0.3) is 0 Å². The third-order valence-electron chi connectivity index (χ3n) is 5.62. The zero-order valence-corrected chi connectivity index (χ0v) is 26.9. The Labute approximate surface area is 261 Å². The Morgan fingerprint density at radius 2 is 0.837 bits per heavy atom. The zero-order chi connectivity index (χ0) is 31.2. The van der Waals surface area contributed by atoms with E-state index in [1.807, 2.05) is 0 Å². The molecule has 0 aromatic rings. The van der Waals surface area contributed by atoms with Crippen molar-refractivity contribution in [1.82, 2.24) is 5.32 Å². The standard InChI is InChI=1S/C35H59NO7/c1-3-4-5-6-7-8-9-10-11-12-13-14-15-16-17-18-19-20-21-22-35(37)36-23-24-39-27-28-41-31-32-43-34-33-42-30-29-40-26-25-38-2/h4-5,7-8,10-11,13-14,16-17,19-20H,3,6,9,12,15,18,21-34H2,1-2H3,(H,36,37). The van der Waals surface area contributed by atoms with Crippen molar-refractivity contribution in [2.24, 2.45) is 0 Å². The lowest BCUT2D eigenvalue weighted by atomic mass is 10.2. The number of hydrogen-bond donors (Lipinski definition) is 1. The van der Waals surface area contributed by atoms with Gasteiger partial charge in [0.2, 0.25) is 5.91 Å². The molecule has 0 aromatic heterocycles. The first kappa shape index (κ1) is 40.7. The van der Waals surface area contributed by atoms with Crippen molar-refractivity contribution in [2.75, 3.05) is 86.3 Å². The van der Waals surface area contributed by atoms with Crippen LogP contribution in [0.3, 0.4) is 0 Å². The van der Waals surface area contributed by atoms with Crippen LogP contribution in [0.1, 0.15) is 58.3 Å². The van der Waals surface area contributed by atoms with Crippen LogP contribution in [-0.4, -0.2) is 92.2 Å². The lowest BCUT2D eigenvalue weighted by Crippen LogP contribution is -2.27. The highest BCUT2D eigenvalue weighted by Crippen LogP contribution is 1.98. The number of methoxy groups -OCH3 is 1. The Bertz CT molecular complexity index is 759. The van der Waals surface area contributed by atoms with Crippen LogP contribution in [0.2, 0.25) is 0 Å². The number of amides is 1. The van der Waals surface area contributed by atoms with Crippen LogP contribution in [0.4, 0.5) is 0 Å². The SMILES string of the molecule is CCC=CCC=CCC=CCC=CCC=CCC=CCCC(=O)NCCOCCOCCOCCOCCOCCOC. The average Bonchev–Trinajstić information content (AvgIpc) is 3.01. The Kier molecular flexibility index (Phi) is 35.7. The molecule has 0 aliphatic carbocycles. The quantitative estimate of drug-likeness (QED) is 0.0711. The van der Waals surface area contributed by atoms with Gasteiger partial charge in [-0.15, -0.1) is 0 Å². The summed E-state index contributed by atoms with van der Waals surface area (Å²) >= 11 is 0.